The lowest BCUT2D eigenvalue weighted by atomic mass is 10.1. The molecule has 0 radical (unpaired) electrons. The van der Waals surface area contributed by atoms with Gasteiger partial charge in [-0.1, -0.05) is 24.0 Å². The Balaban J connectivity index is 1.89. The first-order chi connectivity index (χ1) is 11.5. The molecule has 0 aliphatic carbocycles. The highest BCUT2D eigenvalue weighted by Gasteiger charge is 2.27. The SMILES string of the molecule is CN1C(=O)C(N)Cn2cc(C#Cc3cnn(C)c3)c3cccc1c32. The van der Waals surface area contributed by atoms with Crippen molar-refractivity contribution in [3.63, 3.8) is 0 Å². The van der Waals surface area contributed by atoms with Gasteiger partial charge in [-0.3, -0.25) is 9.48 Å². The molecule has 2 aromatic heterocycles. The minimum absolute atomic E-state index is 0.0748. The molecule has 120 valence electrons. The molecule has 1 aliphatic rings. The first-order valence-electron chi connectivity index (χ1n) is 7.70. The number of likely N-dealkylation sites (N-methyl/N-ethyl adjacent to an activating group) is 1. The van der Waals surface area contributed by atoms with Crippen molar-refractivity contribution in [3.8, 4) is 11.8 Å². The fourth-order valence-corrected chi connectivity index (χ4v) is 3.14. The molecule has 1 amide bonds. The molecule has 1 aromatic carbocycles. The normalized spacial score (nSPS) is 16.9. The molecule has 3 aromatic rings. The second kappa shape index (κ2) is 5.25. The van der Waals surface area contributed by atoms with E-state index in [1.165, 1.54) is 0 Å². The fraction of sp³-hybridized carbons (Fsp3) is 0.222. The number of benzene rings is 1. The predicted octanol–water partition coefficient (Wildman–Crippen LogP) is 1.08. The number of rotatable bonds is 0. The number of amides is 1. The Morgan fingerprint density at radius 2 is 2.08 bits per heavy atom. The molecule has 0 saturated heterocycles. The molecule has 0 spiro atoms. The molecule has 1 unspecified atom stereocenters. The van der Waals surface area contributed by atoms with E-state index in [1.54, 1.807) is 22.8 Å². The molecule has 4 rings (SSSR count). The third-order valence-corrected chi connectivity index (χ3v) is 4.33. The van der Waals surface area contributed by atoms with Gasteiger partial charge in [-0.2, -0.15) is 5.10 Å². The molecule has 1 aliphatic heterocycles. The van der Waals surface area contributed by atoms with Crippen LogP contribution in [0.3, 0.4) is 0 Å². The summed E-state index contributed by atoms with van der Waals surface area (Å²) in [5, 5.41) is 5.15. The van der Waals surface area contributed by atoms with Gasteiger partial charge in [0.15, 0.2) is 0 Å². The smallest absolute Gasteiger partial charge is 0.245 e. The summed E-state index contributed by atoms with van der Waals surface area (Å²) in [6.45, 7) is 0.450. The maximum absolute atomic E-state index is 12.3. The predicted molar refractivity (Wildman–Crippen MR) is 92.5 cm³/mol. The van der Waals surface area contributed by atoms with Gasteiger partial charge in [0.1, 0.15) is 6.04 Å². The standard InChI is InChI=1S/C18H17N5O/c1-21-9-12(8-20-21)6-7-13-10-23-11-15(19)18(24)22(2)16-5-3-4-14(13)17(16)23/h3-5,8-10,15H,11,19H2,1-2H3. The van der Waals surface area contributed by atoms with Crippen molar-refractivity contribution >= 4 is 22.5 Å². The van der Waals surface area contributed by atoms with Gasteiger partial charge in [-0.25, -0.2) is 0 Å². The van der Waals surface area contributed by atoms with Crippen molar-refractivity contribution < 1.29 is 4.79 Å². The Morgan fingerprint density at radius 1 is 1.25 bits per heavy atom. The number of aromatic nitrogens is 3. The van der Waals surface area contributed by atoms with E-state index in [9.17, 15) is 4.79 Å². The van der Waals surface area contributed by atoms with Crippen LogP contribution in [0.25, 0.3) is 10.9 Å². The Labute approximate surface area is 139 Å². The number of nitrogens with two attached hydrogens (primary N) is 1. The van der Waals surface area contributed by atoms with Crippen LogP contribution in [0, 0.1) is 11.8 Å². The summed E-state index contributed by atoms with van der Waals surface area (Å²) in [4.78, 5) is 13.9. The highest BCUT2D eigenvalue weighted by atomic mass is 16.2. The first kappa shape index (κ1) is 14.5. The zero-order chi connectivity index (χ0) is 16.8. The number of anilines is 1. The molecule has 6 nitrogen and oxygen atoms in total. The van der Waals surface area contributed by atoms with E-state index in [2.05, 4.69) is 16.9 Å². The van der Waals surface area contributed by atoms with Crippen LogP contribution in [0.15, 0.2) is 36.8 Å². The van der Waals surface area contributed by atoms with E-state index in [4.69, 9.17) is 5.73 Å². The van der Waals surface area contributed by atoms with E-state index in [0.717, 1.165) is 27.7 Å². The number of aryl methyl sites for hydroxylation is 1. The minimum Gasteiger partial charge on any atom is -0.342 e. The summed E-state index contributed by atoms with van der Waals surface area (Å²) in [6, 6.07) is 5.35. The van der Waals surface area contributed by atoms with Crippen LogP contribution in [0.2, 0.25) is 0 Å². The molecule has 0 saturated carbocycles. The van der Waals surface area contributed by atoms with Crippen molar-refractivity contribution in [1.29, 1.82) is 0 Å². The Bertz CT molecular complexity index is 1020. The van der Waals surface area contributed by atoms with Gasteiger partial charge < -0.3 is 15.2 Å². The van der Waals surface area contributed by atoms with Gasteiger partial charge in [-0.05, 0) is 6.07 Å². The third kappa shape index (κ3) is 2.18. The number of carbonyl (C=O) groups excluding carboxylic acids is 1. The second-order valence-electron chi connectivity index (χ2n) is 6.02. The maximum Gasteiger partial charge on any atom is 0.245 e. The van der Waals surface area contributed by atoms with E-state index < -0.39 is 6.04 Å². The topological polar surface area (TPSA) is 69.1 Å². The van der Waals surface area contributed by atoms with Crippen molar-refractivity contribution in [2.24, 2.45) is 12.8 Å². The zero-order valence-electron chi connectivity index (χ0n) is 13.5. The molecule has 3 heterocycles. The van der Waals surface area contributed by atoms with Gasteiger partial charge >= 0.3 is 0 Å². The molecule has 0 fully saturated rings. The van der Waals surface area contributed by atoms with Crippen LogP contribution in [-0.2, 0) is 18.4 Å². The van der Waals surface area contributed by atoms with Crippen LogP contribution in [0.4, 0.5) is 5.69 Å². The van der Waals surface area contributed by atoms with Crippen molar-refractivity contribution in [3.05, 3.63) is 47.9 Å². The Kier molecular flexibility index (Phi) is 3.18. The average Bonchev–Trinajstić information content (AvgIpc) is 3.12. The quantitative estimate of drug-likeness (QED) is 0.630. The Morgan fingerprint density at radius 3 is 2.83 bits per heavy atom. The maximum atomic E-state index is 12.3. The number of nitrogens with zero attached hydrogens (tertiary/aromatic N) is 4. The molecule has 1 atom stereocenters. The molecule has 2 N–H and O–H groups in total. The van der Waals surface area contributed by atoms with E-state index in [-0.39, 0.29) is 5.91 Å². The van der Waals surface area contributed by atoms with Crippen molar-refractivity contribution in [2.45, 2.75) is 12.6 Å². The van der Waals surface area contributed by atoms with Gasteiger partial charge in [0.2, 0.25) is 5.91 Å². The van der Waals surface area contributed by atoms with E-state index >= 15 is 0 Å². The summed E-state index contributed by atoms with van der Waals surface area (Å²) < 4.78 is 3.76. The van der Waals surface area contributed by atoms with E-state index in [0.29, 0.717) is 6.54 Å². The highest BCUT2D eigenvalue weighted by Crippen LogP contribution is 2.32. The number of para-hydroxylation sites is 1. The monoisotopic (exact) mass is 319 g/mol. The second-order valence-corrected chi connectivity index (χ2v) is 6.02. The van der Waals surface area contributed by atoms with Gasteiger partial charge in [0.05, 0.1) is 28.5 Å². The highest BCUT2D eigenvalue weighted by molar-refractivity contribution is 6.06. The van der Waals surface area contributed by atoms with Crippen molar-refractivity contribution in [2.75, 3.05) is 11.9 Å². The third-order valence-electron chi connectivity index (χ3n) is 4.33. The molecule has 6 heteroatoms. The van der Waals surface area contributed by atoms with Crippen LogP contribution < -0.4 is 10.6 Å². The summed E-state index contributed by atoms with van der Waals surface area (Å²) in [5.74, 6) is 6.28. The Hall–Kier alpha value is -3.04. The molecule has 24 heavy (non-hydrogen) atoms. The minimum atomic E-state index is -0.558. The number of carbonyl (C=O) groups is 1. The summed E-state index contributed by atoms with van der Waals surface area (Å²) in [7, 11) is 3.63. The largest absolute Gasteiger partial charge is 0.342 e. The lowest BCUT2D eigenvalue weighted by molar-refractivity contribution is -0.119. The molecule has 0 bridgehead atoms. The fourth-order valence-electron chi connectivity index (χ4n) is 3.14. The van der Waals surface area contributed by atoms with Gasteiger partial charge in [0, 0.05) is 38.4 Å². The summed E-state index contributed by atoms with van der Waals surface area (Å²) in [5.41, 5.74) is 9.69. The van der Waals surface area contributed by atoms with Crippen LogP contribution in [-0.4, -0.2) is 33.3 Å². The van der Waals surface area contributed by atoms with Gasteiger partial charge in [-0.15, -0.1) is 0 Å². The summed E-state index contributed by atoms with van der Waals surface area (Å²) >= 11 is 0. The lowest BCUT2D eigenvalue weighted by Gasteiger charge is -2.18. The lowest BCUT2D eigenvalue weighted by Crippen LogP contribution is -2.42. The average molecular weight is 319 g/mol. The van der Waals surface area contributed by atoms with Crippen molar-refractivity contribution in [1.82, 2.24) is 14.3 Å². The zero-order valence-corrected chi connectivity index (χ0v) is 13.5. The van der Waals surface area contributed by atoms with Crippen LogP contribution >= 0.6 is 0 Å². The summed E-state index contributed by atoms with van der Waals surface area (Å²) in [6.07, 6.45) is 5.59. The molecular weight excluding hydrogens is 302 g/mol. The van der Waals surface area contributed by atoms with Crippen LogP contribution in [0.5, 0.6) is 0 Å². The first-order valence-corrected chi connectivity index (χ1v) is 7.70. The van der Waals surface area contributed by atoms with Crippen LogP contribution in [0.1, 0.15) is 11.1 Å². The van der Waals surface area contributed by atoms with E-state index in [1.807, 2.05) is 42.2 Å². The number of hydrogen-bond donors (Lipinski definition) is 1. The molecular formula is C18H17N5O. The van der Waals surface area contributed by atoms with Gasteiger partial charge in [0.25, 0.3) is 0 Å². The number of hydrogen-bond acceptors (Lipinski definition) is 3.